The number of rotatable bonds is 3. The number of alkyl halides is 3. The Hall–Kier alpha value is -0.200. The van der Waals surface area contributed by atoms with Crippen molar-refractivity contribution in [3.8, 4) is 0 Å². The van der Waals surface area contributed by atoms with Crippen molar-refractivity contribution in [2.45, 2.75) is 24.7 Å². The fourth-order valence-corrected chi connectivity index (χ4v) is 1.54. The molecular formula is C10H11Cl3F3NO. The molecule has 0 aliphatic heterocycles. The van der Waals surface area contributed by atoms with Crippen molar-refractivity contribution in [1.82, 2.24) is 0 Å². The maximum atomic E-state index is 12.2. The monoisotopic (exact) mass is 323 g/mol. The van der Waals surface area contributed by atoms with Gasteiger partial charge < -0.3 is 10.8 Å². The standard InChI is InChI=1S/C10H10Cl2F3NO.ClH/c11-6-2-1-5(3-7(6)12)8(17)4-9(16)10(13,14)15;/h1-3,8-9,17H,4,16H2;1H/t8-,9+;/m0./s1. The van der Waals surface area contributed by atoms with Gasteiger partial charge in [-0.05, 0) is 17.7 Å². The van der Waals surface area contributed by atoms with Crippen LogP contribution in [0.3, 0.4) is 0 Å². The summed E-state index contributed by atoms with van der Waals surface area (Å²) in [5.74, 6) is 0. The van der Waals surface area contributed by atoms with Gasteiger partial charge in [-0.25, -0.2) is 0 Å². The molecule has 0 fully saturated rings. The van der Waals surface area contributed by atoms with Gasteiger partial charge >= 0.3 is 6.18 Å². The minimum atomic E-state index is -4.53. The molecule has 0 bridgehead atoms. The maximum Gasteiger partial charge on any atom is 0.403 e. The molecule has 2 nitrogen and oxygen atoms in total. The average molecular weight is 325 g/mol. The number of hydrogen-bond acceptors (Lipinski definition) is 2. The second-order valence-electron chi connectivity index (χ2n) is 3.57. The van der Waals surface area contributed by atoms with Gasteiger partial charge in [0.2, 0.25) is 0 Å². The Labute approximate surface area is 118 Å². The second-order valence-corrected chi connectivity index (χ2v) is 4.39. The van der Waals surface area contributed by atoms with Crippen molar-refractivity contribution in [3.63, 3.8) is 0 Å². The van der Waals surface area contributed by atoms with Crippen LogP contribution in [-0.2, 0) is 0 Å². The summed E-state index contributed by atoms with van der Waals surface area (Å²) in [7, 11) is 0. The molecule has 0 aliphatic rings. The highest BCUT2D eigenvalue weighted by molar-refractivity contribution is 6.42. The van der Waals surface area contributed by atoms with Crippen LogP contribution >= 0.6 is 35.6 Å². The van der Waals surface area contributed by atoms with Crippen LogP contribution in [0.5, 0.6) is 0 Å². The number of aliphatic hydroxyl groups is 1. The van der Waals surface area contributed by atoms with Gasteiger partial charge in [0.1, 0.15) is 6.04 Å². The summed E-state index contributed by atoms with van der Waals surface area (Å²) < 4.78 is 36.6. The Bertz CT molecular complexity index is 400. The van der Waals surface area contributed by atoms with E-state index in [0.717, 1.165) is 0 Å². The average Bonchev–Trinajstić information content (AvgIpc) is 2.20. The summed E-state index contributed by atoms with van der Waals surface area (Å²) in [5, 5.41) is 10.0. The molecule has 18 heavy (non-hydrogen) atoms. The van der Waals surface area contributed by atoms with Crippen molar-refractivity contribution < 1.29 is 18.3 Å². The van der Waals surface area contributed by atoms with Gasteiger partial charge in [-0.2, -0.15) is 13.2 Å². The van der Waals surface area contributed by atoms with Crippen LogP contribution in [0.1, 0.15) is 18.1 Å². The van der Waals surface area contributed by atoms with Gasteiger partial charge in [0.25, 0.3) is 0 Å². The van der Waals surface area contributed by atoms with Crippen LogP contribution in [0.2, 0.25) is 10.0 Å². The highest BCUT2D eigenvalue weighted by Crippen LogP contribution is 2.30. The van der Waals surface area contributed by atoms with Gasteiger partial charge in [-0.1, -0.05) is 29.3 Å². The molecule has 0 heterocycles. The van der Waals surface area contributed by atoms with Crippen molar-refractivity contribution in [2.24, 2.45) is 5.73 Å². The highest BCUT2D eigenvalue weighted by Gasteiger charge is 2.37. The highest BCUT2D eigenvalue weighted by atomic mass is 35.5. The van der Waals surface area contributed by atoms with Crippen molar-refractivity contribution in [2.75, 3.05) is 0 Å². The van der Waals surface area contributed by atoms with E-state index < -0.39 is 24.7 Å². The molecule has 1 aromatic rings. The number of hydrogen-bond donors (Lipinski definition) is 2. The Balaban J connectivity index is 0.00000289. The lowest BCUT2D eigenvalue weighted by Crippen LogP contribution is -2.38. The number of halogens is 6. The molecule has 0 radical (unpaired) electrons. The Morgan fingerprint density at radius 1 is 1.22 bits per heavy atom. The first-order chi connectivity index (χ1) is 7.71. The van der Waals surface area contributed by atoms with E-state index in [9.17, 15) is 18.3 Å². The smallest absolute Gasteiger partial charge is 0.388 e. The molecule has 0 unspecified atom stereocenters. The lowest BCUT2D eigenvalue weighted by molar-refractivity contribution is -0.153. The summed E-state index contributed by atoms with van der Waals surface area (Å²) in [4.78, 5) is 0. The van der Waals surface area contributed by atoms with Crippen LogP contribution in [-0.4, -0.2) is 17.3 Å². The summed E-state index contributed by atoms with van der Waals surface area (Å²) in [5.41, 5.74) is 5.16. The van der Waals surface area contributed by atoms with E-state index >= 15 is 0 Å². The van der Waals surface area contributed by atoms with E-state index in [1.165, 1.54) is 18.2 Å². The van der Waals surface area contributed by atoms with Crippen molar-refractivity contribution in [1.29, 1.82) is 0 Å². The van der Waals surface area contributed by atoms with Gasteiger partial charge in [-0.3, -0.25) is 0 Å². The molecular weight excluding hydrogens is 313 g/mol. The van der Waals surface area contributed by atoms with Crippen LogP contribution in [0, 0.1) is 0 Å². The SMILES string of the molecule is Cl.N[C@H](C[C@H](O)c1ccc(Cl)c(Cl)c1)C(F)(F)F. The van der Waals surface area contributed by atoms with E-state index in [-0.39, 0.29) is 28.0 Å². The van der Waals surface area contributed by atoms with Crippen LogP contribution < -0.4 is 5.73 Å². The summed E-state index contributed by atoms with van der Waals surface area (Å²) in [6, 6.07) is 2.05. The Kier molecular flexibility index (Phi) is 6.74. The third kappa shape index (κ3) is 4.82. The lowest BCUT2D eigenvalue weighted by Gasteiger charge is -2.19. The van der Waals surface area contributed by atoms with E-state index in [4.69, 9.17) is 28.9 Å². The molecule has 0 spiro atoms. The van der Waals surface area contributed by atoms with Crippen LogP contribution in [0.25, 0.3) is 0 Å². The first kappa shape index (κ1) is 17.8. The molecule has 0 amide bonds. The quantitative estimate of drug-likeness (QED) is 0.890. The zero-order valence-electron chi connectivity index (χ0n) is 8.92. The molecule has 0 saturated carbocycles. The zero-order valence-corrected chi connectivity index (χ0v) is 11.2. The number of benzene rings is 1. The minimum Gasteiger partial charge on any atom is -0.388 e. The molecule has 104 valence electrons. The molecule has 0 aliphatic carbocycles. The molecule has 1 aromatic carbocycles. The van der Waals surface area contributed by atoms with Crippen LogP contribution in [0.15, 0.2) is 18.2 Å². The molecule has 8 heteroatoms. The Morgan fingerprint density at radius 3 is 2.22 bits per heavy atom. The third-order valence-corrected chi connectivity index (χ3v) is 2.97. The van der Waals surface area contributed by atoms with E-state index in [1.54, 1.807) is 0 Å². The molecule has 2 atom stereocenters. The predicted octanol–water partition coefficient (Wildman–Crippen LogP) is 3.73. The van der Waals surface area contributed by atoms with E-state index in [0.29, 0.717) is 0 Å². The van der Waals surface area contributed by atoms with Gasteiger partial charge in [0.15, 0.2) is 0 Å². The normalized spacial score (nSPS) is 14.8. The molecule has 3 N–H and O–H groups in total. The fourth-order valence-electron chi connectivity index (χ4n) is 1.23. The summed E-state index contributed by atoms with van der Waals surface area (Å²) in [6.07, 6.45) is -6.49. The minimum absolute atomic E-state index is 0. The zero-order chi connectivity index (χ0) is 13.2. The van der Waals surface area contributed by atoms with Gasteiger partial charge in [-0.15, -0.1) is 12.4 Å². The van der Waals surface area contributed by atoms with Crippen molar-refractivity contribution >= 4 is 35.6 Å². The first-order valence-electron chi connectivity index (χ1n) is 4.67. The lowest BCUT2D eigenvalue weighted by atomic mass is 10.0. The number of nitrogens with two attached hydrogens (primary N) is 1. The summed E-state index contributed by atoms with van der Waals surface area (Å²) >= 11 is 11.3. The van der Waals surface area contributed by atoms with E-state index in [1.807, 2.05) is 0 Å². The first-order valence-corrected chi connectivity index (χ1v) is 5.42. The maximum absolute atomic E-state index is 12.2. The predicted molar refractivity (Wildman–Crippen MR) is 67.3 cm³/mol. The number of aliphatic hydroxyl groups excluding tert-OH is 1. The largest absolute Gasteiger partial charge is 0.403 e. The van der Waals surface area contributed by atoms with Crippen molar-refractivity contribution in [3.05, 3.63) is 33.8 Å². The van der Waals surface area contributed by atoms with Crippen LogP contribution in [0.4, 0.5) is 13.2 Å². The van der Waals surface area contributed by atoms with Gasteiger partial charge in [0, 0.05) is 6.42 Å². The topological polar surface area (TPSA) is 46.2 Å². The van der Waals surface area contributed by atoms with Gasteiger partial charge in [0.05, 0.1) is 16.1 Å². The molecule has 0 saturated heterocycles. The second kappa shape index (κ2) is 6.82. The fraction of sp³-hybridized carbons (Fsp3) is 0.400. The molecule has 1 rings (SSSR count). The third-order valence-electron chi connectivity index (χ3n) is 2.23. The summed E-state index contributed by atoms with van der Waals surface area (Å²) in [6.45, 7) is 0. The van der Waals surface area contributed by atoms with E-state index in [2.05, 4.69) is 0 Å². The molecule has 0 aromatic heterocycles. The Morgan fingerprint density at radius 2 is 1.78 bits per heavy atom.